The maximum Gasteiger partial charge on any atom is 0.145 e. The summed E-state index contributed by atoms with van der Waals surface area (Å²) in [5.74, 6) is 0.628. The summed E-state index contributed by atoms with van der Waals surface area (Å²) in [6.45, 7) is 2.10. The van der Waals surface area contributed by atoms with Gasteiger partial charge in [0.2, 0.25) is 0 Å². The van der Waals surface area contributed by atoms with Crippen LogP contribution < -0.4 is 15.4 Å². The number of nitrogen functional groups attached to an aromatic ring is 1. The van der Waals surface area contributed by atoms with Crippen molar-refractivity contribution in [3.8, 4) is 5.75 Å². The Bertz CT molecular complexity index is 537. The van der Waals surface area contributed by atoms with Crippen LogP contribution in [0.5, 0.6) is 5.75 Å². The summed E-state index contributed by atoms with van der Waals surface area (Å²) in [5.41, 5.74) is 8.87. The summed E-state index contributed by atoms with van der Waals surface area (Å²) in [6, 6.07) is 5.64. The molecule has 18 heavy (non-hydrogen) atoms. The van der Waals surface area contributed by atoms with Gasteiger partial charge in [-0.3, -0.25) is 0 Å². The molecule has 1 aromatic carbocycles. The average Bonchev–Trinajstić information content (AvgIpc) is 2.73. The van der Waals surface area contributed by atoms with Crippen molar-refractivity contribution in [2.45, 2.75) is 13.5 Å². The van der Waals surface area contributed by atoms with Crippen molar-refractivity contribution in [1.29, 1.82) is 0 Å². The quantitative estimate of drug-likeness (QED) is 0.828. The van der Waals surface area contributed by atoms with E-state index in [1.54, 1.807) is 0 Å². The van der Waals surface area contributed by atoms with Gasteiger partial charge >= 0.3 is 0 Å². The lowest BCUT2D eigenvalue weighted by atomic mass is 10.2. The third kappa shape index (κ3) is 2.53. The number of nitrogens with zero attached hydrogens (tertiary/aromatic N) is 3. The van der Waals surface area contributed by atoms with Crippen LogP contribution in [0.2, 0.25) is 0 Å². The number of benzene rings is 1. The first-order valence-electron chi connectivity index (χ1n) is 5.55. The molecule has 0 aliphatic carbocycles. The fourth-order valence-electron chi connectivity index (χ4n) is 1.45. The van der Waals surface area contributed by atoms with Crippen molar-refractivity contribution in [2.24, 2.45) is 0 Å². The number of aromatic nitrogens is 2. The van der Waals surface area contributed by atoms with Crippen molar-refractivity contribution in [3.05, 3.63) is 29.6 Å². The Labute approximate surface area is 105 Å². The molecule has 2 rings (SSSR count). The molecular weight excluding hydrogens is 232 g/mol. The molecule has 0 atom stereocenters. The van der Waals surface area contributed by atoms with Crippen LogP contribution >= 0.6 is 0 Å². The minimum atomic E-state index is 0.288. The van der Waals surface area contributed by atoms with E-state index >= 15 is 0 Å². The minimum absolute atomic E-state index is 0.288. The molecule has 0 saturated carbocycles. The van der Waals surface area contributed by atoms with Crippen LogP contribution in [0.1, 0.15) is 11.4 Å². The summed E-state index contributed by atoms with van der Waals surface area (Å²) in [7, 11) is 3.92. The van der Waals surface area contributed by atoms with Crippen LogP contribution in [0.3, 0.4) is 0 Å². The molecule has 0 aliphatic heterocycles. The van der Waals surface area contributed by atoms with Crippen molar-refractivity contribution >= 4 is 11.4 Å². The van der Waals surface area contributed by atoms with Crippen LogP contribution in [0, 0.1) is 6.92 Å². The SMILES string of the molecule is Cc1nonc1COc1cc(N(C)C)ccc1N. The molecule has 1 aromatic heterocycles. The van der Waals surface area contributed by atoms with Gasteiger partial charge in [0.15, 0.2) is 0 Å². The van der Waals surface area contributed by atoms with E-state index in [0.717, 1.165) is 11.4 Å². The van der Waals surface area contributed by atoms with E-state index in [-0.39, 0.29) is 6.61 Å². The van der Waals surface area contributed by atoms with Gasteiger partial charge < -0.3 is 15.4 Å². The van der Waals surface area contributed by atoms with Crippen LogP contribution in [-0.4, -0.2) is 24.4 Å². The molecule has 96 valence electrons. The summed E-state index contributed by atoms with van der Waals surface area (Å²) < 4.78 is 10.2. The molecular formula is C12H16N4O2. The van der Waals surface area contributed by atoms with Crippen molar-refractivity contribution in [3.63, 3.8) is 0 Å². The fraction of sp³-hybridized carbons (Fsp3) is 0.333. The maximum atomic E-state index is 5.86. The first-order valence-corrected chi connectivity index (χ1v) is 5.55. The van der Waals surface area contributed by atoms with Crippen LogP contribution in [0.4, 0.5) is 11.4 Å². The number of hydrogen-bond donors (Lipinski definition) is 1. The molecule has 0 amide bonds. The predicted molar refractivity (Wildman–Crippen MR) is 68.5 cm³/mol. The molecule has 0 spiro atoms. The molecule has 6 heteroatoms. The topological polar surface area (TPSA) is 77.4 Å². The Morgan fingerprint density at radius 3 is 2.72 bits per heavy atom. The van der Waals surface area contributed by atoms with Gasteiger partial charge in [0, 0.05) is 25.8 Å². The van der Waals surface area contributed by atoms with Gasteiger partial charge in [-0.15, -0.1) is 0 Å². The second-order valence-corrected chi connectivity index (χ2v) is 4.20. The van der Waals surface area contributed by atoms with Crippen LogP contribution in [0.25, 0.3) is 0 Å². The predicted octanol–water partition coefficient (Wildman–Crippen LogP) is 1.61. The third-order valence-electron chi connectivity index (χ3n) is 2.62. The average molecular weight is 248 g/mol. The largest absolute Gasteiger partial charge is 0.485 e. The van der Waals surface area contributed by atoms with E-state index in [1.165, 1.54) is 0 Å². The first-order chi connectivity index (χ1) is 8.58. The molecule has 0 radical (unpaired) electrons. The van der Waals surface area contributed by atoms with E-state index in [4.69, 9.17) is 10.5 Å². The molecule has 0 fully saturated rings. The second-order valence-electron chi connectivity index (χ2n) is 4.20. The summed E-state index contributed by atoms with van der Waals surface area (Å²) in [6.07, 6.45) is 0. The third-order valence-corrected chi connectivity index (χ3v) is 2.62. The zero-order valence-electron chi connectivity index (χ0n) is 10.7. The zero-order chi connectivity index (χ0) is 13.1. The first kappa shape index (κ1) is 12.2. The highest BCUT2D eigenvalue weighted by molar-refractivity contribution is 5.61. The number of hydrogen-bond acceptors (Lipinski definition) is 6. The van der Waals surface area contributed by atoms with E-state index in [1.807, 2.05) is 44.1 Å². The number of aryl methyl sites for hydroxylation is 1. The van der Waals surface area contributed by atoms with Crippen molar-refractivity contribution in [2.75, 3.05) is 24.7 Å². The number of rotatable bonds is 4. The molecule has 0 saturated heterocycles. The molecule has 0 unspecified atom stereocenters. The highest BCUT2D eigenvalue weighted by Crippen LogP contribution is 2.27. The van der Waals surface area contributed by atoms with Gasteiger partial charge in [0.25, 0.3) is 0 Å². The highest BCUT2D eigenvalue weighted by atomic mass is 16.6. The normalized spacial score (nSPS) is 10.4. The monoisotopic (exact) mass is 248 g/mol. The maximum absolute atomic E-state index is 5.86. The Kier molecular flexibility index (Phi) is 3.36. The van der Waals surface area contributed by atoms with E-state index in [9.17, 15) is 0 Å². The number of anilines is 2. The lowest BCUT2D eigenvalue weighted by Crippen LogP contribution is -2.09. The van der Waals surface area contributed by atoms with Crippen LogP contribution in [0.15, 0.2) is 22.8 Å². The van der Waals surface area contributed by atoms with Gasteiger partial charge in [-0.05, 0) is 19.1 Å². The van der Waals surface area contributed by atoms with E-state index < -0.39 is 0 Å². The Morgan fingerprint density at radius 1 is 1.33 bits per heavy atom. The highest BCUT2D eigenvalue weighted by Gasteiger charge is 2.08. The van der Waals surface area contributed by atoms with Crippen molar-refractivity contribution in [1.82, 2.24) is 10.3 Å². The van der Waals surface area contributed by atoms with Gasteiger partial charge in [-0.25, -0.2) is 4.63 Å². The molecule has 0 aliphatic rings. The Morgan fingerprint density at radius 2 is 2.11 bits per heavy atom. The summed E-state index contributed by atoms with van der Waals surface area (Å²) in [5, 5.41) is 7.45. The van der Waals surface area contributed by atoms with Gasteiger partial charge in [-0.2, -0.15) is 0 Å². The van der Waals surface area contributed by atoms with Gasteiger partial charge in [-0.1, -0.05) is 10.3 Å². The van der Waals surface area contributed by atoms with Gasteiger partial charge in [0.05, 0.1) is 5.69 Å². The molecule has 2 N–H and O–H groups in total. The van der Waals surface area contributed by atoms with E-state index in [0.29, 0.717) is 17.1 Å². The fourth-order valence-corrected chi connectivity index (χ4v) is 1.45. The molecule has 1 heterocycles. The molecule has 6 nitrogen and oxygen atoms in total. The summed E-state index contributed by atoms with van der Waals surface area (Å²) in [4.78, 5) is 1.98. The number of ether oxygens (including phenoxy) is 1. The van der Waals surface area contributed by atoms with E-state index in [2.05, 4.69) is 14.9 Å². The lowest BCUT2D eigenvalue weighted by molar-refractivity contribution is 0.271. The van der Waals surface area contributed by atoms with Crippen LogP contribution in [-0.2, 0) is 6.61 Å². The second kappa shape index (κ2) is 4.95. The number of nitrogens with two attached hydrogens (primary N) is 1. The Hall–Kier alpha value is -2.24. The lowest BCUT2D eigenvalue weighted by Gasteiger charge is -2.15. The smallest absolute Gasteiger partial charge is 0.145 e. The molecule has 2 aromatic rings. The standard InChI is InChI=1S/C12H16N4O2/c1-8-11(15-18-14-8)7-17-12-6-9(16(2)3)4-5-10(12)13/h4-6H,7,13H2,1-3H3. The van der Waals surface area contributed by atoms with Crippen molar-refractivity contribution < 1.29 is 9.37 Å². The Balaban J connectivity index is 2.13. The minimum Gasteiger partial charge on any atom is -0.485 e. The molecule has 0 bridgehead atoms. The zero-order valence-corrected chi connectivity index (χ0v) is 10.7. The summed E-state index contributed by atoms with van der Waals surface area (Å²) >= 11 is 0. The van der Waals surface area contributed by atoms with Gasteiger partial charge in [0.1, 0.15) is 23.7 Å².